The van der Waals surface area contributed by atoms with Crippen LogP contribution in [-0.4, -0.2) is 15.0 Å². The monoisotopic (exact) mass is 251 g/mol. The number of aromatic nitrogens is 3. The van der Waals surface area contributed by atoms with Gasteiger partial charge < -0.3 is 0 Å². The Morgan fingerprint density at radius 1 is 1.00 bits per heavy atom. The van der Waals surface area contributed by atoms with Crippen LogP contribution in [0.15, 0.2) is 54.6 Å². The van der Waals surface area contributed by atoms with Gasteiger partial charge in [0.2, 0.25) is 0 Å². The molecule has 3 rings (SSSR count). The number of hydrogen-bond donors (Lipinski definition) is 0. The molecule has 19 heavy (non-hydrogen) atoms. The Morgan fingerprint density at radius 3 is 2.58 bits per heavy atom. The quantitative estimate of drug-likeness (QED) is 0.709. The fraction of sp³-hybridized carbons (Fsp3) is 0.250. The standard InChI is InChI=1S/C16H17N3/c1-13(11-12-14-7-3-2-4-8-14)19-16-10-6-5-9-15(16)17-18-19/h2-10,13H,11-12H2,1H3. The van der Waals surface area contributed by atoms with Gasteiger partial charge in [-0.2, -0.15) is 0 Å². The van der Waals surface area contributed by atoms with Gasteiger partial charge in [0, 0.05) is 0 Å². The van der Waals surface area contributed by atoms with Gasteiger partial charge in [-0.3, -0.25) is 0 Å². The van der Waals surface area contributed by atoms with Gasteiger partial charge in [0.05, 0.1) is 11.6 Å². The Balaban J connectivity index is 1.75. The number of fused-ring (bicyclic) bond motifs is 1. The van der Waals surface area contributed by atoms with E-state index >= 15 is 0 Å². The highest BCUT2D eigenvalue weighted by atomic mass is 15.4. The summed E-state index contributed by atoms with van der Waals surface area (Å²) in [5.41, 5.74) is 3.45. The molecule has 0 fully saturated rings. The van der Waals surface area contributed by atoms with E-state index in [4.69, 9.17) is 0 Å². The first kappa shape index (κ1) is 11.9. The van der Waals surface area contributed by atoms with Crippen LogP contribution in [0.25, 0.3) is 11.0 Å². The van der Waals surface area contributed by atoms with Crippen LogP contribution in [0.1, 0.15) is 24.9 Å². The van der Waals surface area contributed by atoms with E-state index in [2.05, 4.69) is 53.6 Å². The molecular formula is C16H17N3. The van der Waals surface area contributed by atoms with Crippen molar-refractivity contribution in [2.45, 2.75) is 25.8 Å². The summed E-state index contributed by atoms with van der Waals surface area (Å²) in [6, 6.07) is 19.0. The molecule has 0 aliphatic rings. The van der Waals surface area contributed by atoms with Crippen LogP contribution < -0.4 is 0 Å². The topological polar surface area (TPSA) is 30.7 Å². The number of rotatable bonds is 4. The van der Waals surface area contributed by atoms with Crippen LogP contribution in [-0.2, 0) is 6.42 Å². The van der Waals surface area contributed by atoms with Crippen LogP contribution in [0.2, 0.25) is 0 Å². The smallest absolute Gasteiger partial charge is 0.113 e. The van der Waals surface area contributed by atoms with E-state index in [0.29, 0.717) is 6.04 Å². The normalized spacial score (nSPS) is 12.7. The summed E-state index contributed by atoms with van der Waals surface area (Å²) in [6.07, 6.45) is 2.13. The summed E-state index contributed by atoms with van der Waals surface area (Å²) in [7, 11) is 0. The SMILES string of the molecule is CC(CCc1ccccc1)n1nnc2ccccc21. The second-order valence-electron chi connectivity index (χ2n) is 4.90. The Bertz CT molecular complexity index is 658. The van der Waals surface area contributed by atoms with Crippen molar-refractivity contribution in [2.24, 2.45) is 0 Å². The molecule has 0 aliphatic carbocycles. The fourth-order valence-corrected chi connectivity index (χ4v) is 2.36. The predicted molar refractivity (Wildman–Crippen MR) is 77.0 cm³/mol. The van der Waals surface area contributed by atoms with Gasteiger partial charge in [-0.25, -0.2) is 4.68 Å². The van der Waals surface area contributed by atoms with Gasteiger partial charge in [0.25, 0.3) is 0 Å². The first-order valence-electron chi connectivity index (χ1n) is 6.68. The molecule has 0 saturated carbocycles. The van der Waals surface area contributed by atoms with E-state index in [1.165, 1.54) is 5.56 Å². The molecule has 0 spiro atoms. The highest BCUT2D eigenvalue weighted by Gasteiger charge is 2.10. The lowest BCUT2D eigenvalue weighted by Crippen LogP contribution is -2.08. The lowest BCUT2D eigenvalue weighted by atomic mass is 10.1. The summed E-state index contributed by atoms with van der Waals surface area (Å²) in [5.74, 6) is 0. The van der Waals surface area contributed by atoms with Crippen LogP contribution >= 0.6 is 0 Å². The van der Waals surface area contributed by atoms with Crippen molar-refractivity contribution in [3.05, 3.63) is 60.2 Å². The van der Waals surface area contributed by atoms with Crippen molar-refractivity contribution in [1.29, 1.82) is 0 Å². The summed E-state index contributed by atoms with van der Waals surface area (Å²) in [5, 5.41) is 8.48. The van der Waals surface area contributed by atoms with Crippen molar-refractivity contribution in [1.82, 2.24) is 15.0 Å². The molecule has 0 amide bonds. The van der Waals surface area contributed by atoms with Gasteiger partial charge in [-0.1, -0.05) is 47.7 Å². The Labute approximate surface area is 112 Å². The molecule has 0 radical (unpaired) electrons. The molecule has 0 N–H and O–H groups in total. The molecule has 0 bridgehead atoms. The van der Waals surface area contributed by atoms with Crippen molar-refractivity contribution in [2.75, 3.05) is 0 Å². The molecule has 3 aromatic rings. The van der Waals surface area contributed by atoms with E-state index < -0.39 is 0 Å². The zero-order valence-corrected chi connectivity index (χ0v) is 11.0. The molecule has 0 saturated heterocycles. The van der Waals surface area contributed by atoms with Gasteiger partial charge in [0.15, 0.2) is 0 Å². The lowest BCUT2D eigenvalue weighted by Gasteiger charge is -2.12. The minimum Gasteiger partial charge on any atom is -0.242 e. The van der Waals surface area contributed by atoms with Crippen molar-refractivity contribution < 1.29 is 0 Å². The summed E-state index contributed by atoms with van der Waals surface area (Å²) >= 11 is 0. The molecule has 3 heteroatoms. The summed E-state index contributed by atoms with van der Waals surface area (Å²) in [6.45, 7) is 2.20. The minimum atomic E-state index is 0.354. The highest BCUT2D eigenvalue weighted by Crippen LogP contribution is 2.19. The van der Waals surface area contributed by atoms with E-state index in [1.807, 2.05) is 22.9 Å². The summed E-state index contributed by atoms with van der Waals surface area (Å²) in [4.78, 5) is 0. The predicted octanol–water partition coefficient (Wildman–Crippen LogP) is 3.63. The third kappa shape index (κ3) is 2.50. The highest BCUT2D eigenvalue weighted by molar-refractivity contribution is 5.73. The van der Waals surface area contributed by atoms with Crippen LogP contribution in [0.4, 0.5) is 0 Å². The van der Waals surface area contributed by atoms with E-state index in [9.17, 15) is 0 Å². The first-order valence-corrected chi connectivity index (χ1v) is 6.68. The van der Waals surface area contributed by atoms with Gasteiger partial charge in [-0.05, 0) is 37.5 Å². The average Bonchev–Trinajstić information content (AvgIpc) is 2.90. The zero-order valence-electron chi connectivity index (χ0n) is 11.0. The maximum Gasteiger partial charge on any atom is 0.113 e. The summed E-state index contributed by atoms with van der Waals surface area (Å²) < 4.78 is 2.03. The van der Waals surface area contributed by atoms with Crippen LogP contribution in [0.3, 0.4) is 0 Å². The van der Waals surface area contributed by atoms with E-state index in [1.54, 1.807) is 0 Å². The Kier molecular flexibility index (Phi) is 3.27. The van der Waals surface area contributed by atoms with Gasteiger partial charge in [0.1, 0.15) is 5.52 Å². The molecule has 2 aromatic carbocycles. The lowest BCUT2D eigenvalue weighted by molar-refractivity contribution is 0.460. The maximum atomic E-state index is 4.27. The molecule has 1 unspecified atom stereocenters. The number of benzene rings is 2. The van der Waals surface area contributed by atoms with Crippen molar-refractivity contribution >= 4 is 11.0 Å². The van der Waals surface area contributed by atoms with Gasteiger partial charge >= 0.3 is 0 Å². The zero-order chi connectivity index (χ0) is 13.1. The van der Waals surface area contributed by atoms with Crippen molar-refractivity contribution in [3.8, 4) is 0 Å². The Hall–Kier alpha value is -2.16. The molecule has 96 valence electrons. The van der Waals surface area contributed by atoms with Gasteiger partial charge in [-0.15, -0.1) is 5.10 Å². The molecule has 1 heterocycles. The average molecular weight is 251 g/mol. The van der Waals surface area contributed by atoms with Crippen LogP contribution in [0, 0.1) is 0 Å². The largest absolute Gasteiger partial charge is 0.242 e. The fourth-order valence-electron chi connectivity index (χ4n) is 2.36. The van der Waals surface area contributed by atoms with Crippen molar-refractivity contribution in [3.63, 3.8) is 0 Å². The van der Waals surface area contributed by atoms with E-state index in [-0.39, 0.29) is 0 Å². The number of hydrogen-bond acceptors (Lipinski definition) is 2. The molecule has 1 aromatic heterocycles. The Morgan fingerprint density at radius 2 is 1.74 bits per heavy atom. The molecular weight excluding hydrogens is 234 g/mol. The first-order chi connectivity index (χ1) is 9.34. The maximum absolute atomic E-state index is 4.27. The minimum absolute atomic E-state index is 0.354. The third-order valence-electron chi connectivity index (χ3n) is 3.49. The molecule has 3 nitrogen and oxygen atoms in total. The number of aryl methyl sites for hydroxylation is 1. The number of nitrogens with zero attached hydrogens (tertiary/aromatic N) is 3. The number of para-hydroxylation sites is 1. The molecule has 0 aliphatic heterocycles. The second-order valence-corrected chi connectivity index (χ2v) is 4.90. The van der Waals surface area contributed by atoms with Crippen LogP contribution in [0.5, 0.6) is 0 Å². The second kappa shape index (κ2) is 5.22. The third-order valence-corrected chi connectivity index (χ3v) is 3.49. The molecule has 1 atom stereocenters. The van der Waals surface area contributed by atoms with E-state index in [0.717, 1.165) is 23.9 Å².